The van der Waals surface area contributed by atoms with Crippen LogP contribution in [-0.2, 0) is 4.79 Å². The van der Waals surface area contributed by atoms with Crippen LogP contribution in [0.25, 0.3) is 0 Å². The molecule has 1 aromatic carbocycles. The van der Waals surface area contributed by atoms with E-state index in [1.807, 2.05) is 25.2 Å². The van der Waals surface area contributed by atoms with Crippen molar-refractivity contribution in [1.29, 1.82) is 0 Å². The highest BCUT2D eigenvalue weighted by atomic mass is 79.9. The molecule has 4 nitrogen and oxygen atoms in total. The third kappa shape index (κ3) is 2.52. The van der Waals surface area contributed by atoms with Crippen molar-refractivity contribution in [3.63, 3.8) is 0 Å². The maximum absolute atomic E-state index is 12.0. The number of carbonyl (C=O) groups is 1. The first-order valence-corrected chi connectivity index (χ1v) is 6.83. The fraction of sp³-hybridized carbons (Fsp3) is 0.462. The second-order valence-electron chi connectivity index (χ2n) is 4.81. The van der Waals surface area contributed by atoms with Gasteiger partial charge >= 0.3 is 0 Å². The van der Waals surface area contributed by atoms with E-state index in [2.05, 4.69) is 27.8 Å². The van der Waals surface area contributed by atoms with Crippen molar-refractivity contribution in [2.24, 2.45) is 11.7 Å². The molecule has 0 fully saturated rings. The largest absolute Gasteiger partial charge is 0.360 e. The van der Waals surface area contributed by atoms with Gasteiger partial charge in [0, 0.05) is 18.1 Å². The minimum atomic E-state index is 0.116. The molecule has 98 valence electrons. The number of fused-ring (bicyclic) bond motifs is 1. The fourth-order valence-electron chi connectivity index (χ4n) is 2.14. The van der Waals surface area contributed by atoms with Crippen LogP contribution in [0.3, 0.4) is 0 Å². The Morgan fingerprint density at radius 1 is 1.44 bits per heavy atom. The quantitative estimate of drug-likeness (QED) is 0.926. The summed E-state index contributed by atoms with van der Waals surface area (Å²) in [4.78, 5) is 15.8. The molecular formula is C13H18BrN3O. The molecule has 0 radical (unpaired) electrons. The summed E-state index contributed by atoms with van der Waals surface area (Å²) in [6, 6.07) is 6.03. The molecule has 2 rings (SSSR count). The summed E-state index contributed by atoms with van der Waals surface area (Å²) >= 11 is 3.45. The zero-order valence-corrected chi connectivity index (χ0v) is 12.3. The number of rotatable bonds is 3. The van der Waals surface area contributed by atoms with E-state index in [4.69, 9.17) is 5.73 Å². The Hall–Kier alpha value is -1.07. The topological polar surface area (TPSA) is 49.6 Å². The molecule has 1 atom stereocenters. The number of benzene rings is 1. The Morgan fingerprint density at radius 3 is 2.83 bits per heavy atom. The third-order valence-electron chi connectivity index (χ3n) is 3.27. The monoisotopic (exact) mass is 311 g/mol. The van der Waals surface area contributed by atoms with Gasteiger partial charge in [0.05, 0.1) is 17.9 Å². The Kier molecular flexibility index (Phi) is 3.92. The smallest absolute Gasteiger partial charge is 0.246 e. The minimum absolute atomic E-state index is 0.116. The van der Waals surface area contributed by atoms with E-state index in [1.165, 1.54) is 0 Å². The van der Waals surface area contributed by atoms with Gasteiger partial charge in [0.15, 0.2) is 0 Å². The molecule has 2 N–H and O–H groups in total. The lowest BCUT2D eigenvalue weighted by Crippen LogP contribution is -2.46. The molecule has 18 heavy (non-hydrogen) atoms. The molecule has 1 aliphatic heterocycles. The molecule has 5 heteroatoms. The number of halogens is 1. The Balaban J connectivity index is 2.35. The van der Waals surface area contributed by atoms with Crippen molar-refractivity contribution in [2.45, 2.75) is 6.92 Å². The highest BCUT2D eigenvalue weighted by Crippen LogP contribution is 2.35. The third-order valence-corrected chi connectivity index (χ3v) is 3.77. The Morgan fingerprint density at radius 2 is 2.17 bits per heavy atom. The van der Waals surface area contributed by atoms with Gasteiger partial charge in [0.1, 0.15) is 0 Å². The second kappa shape index (κ2) is 5.28. The summed E-state index contributed by atoms with van der Waals surface area (Å²) in [5, 5.41) is 0. The van der Waals surface area contributed by atoms with Gasteiger partial charge in [0.25, 0.3) is 0 Å². The van der Waals surface area contributed by atoms with Gasteiger partial charge in [-0.25, -0.2) is 0 Å². The number of likely N-dealkylation sites (N-methyl/N-ethyl adjacent to an activating group) is 1. The molecule has 1 aliphatic rings. The second-order valence-corrected chi connectivity index (χ2v) is 5.72. The minimum Gasteiger partial charge on any atom is -0.360 e. The van der Waals surface area contributed by atoms with Gasteiger partial charge < -0.3 is 15.5 Å². The Bertz CT molecular complexity index is 464. The van der Waals surface area contributed by atoms with Crippen LogP contribution < -0.4 is 15.5 Å². The number of anilines is 2. The number of nitrogens with two attached hydrogens (primary N) is 1. The normalized spacial score (nSPS) is 16.8. The first kappa shape index (κ1) is 13.4. The molecule has 0 aliphatic carbocycles. The molecule has 1 aromatic rings. The standard InChI is InChI=1S/C13H18BrN3O/c1-9(6-15)7-17-8-13(18)16(2)12-5-10(14)3-4-11(12)17/h3-5,9H,6-8,15H2,1-2H3. The average molecular weight is 312 g/mol. The summed E-state index contributed by atoms with van der Waals surface area (Å²) < 4.78 is 0.981. The van der Waals surface area contributed by atoms with Crippen molar-refractivity contribution in [2.75, 3.05) is 36.5 Å². The molecule has 1 heterocycles. The van der Waals surface area contributed by atoms with Gasteiger partial charge in [0.2, 0.25) is 5.91 Å². The number of hydrogen-bond donors (Lipinski definition) is 1. The van der Waals surface area contributed by atoms with Crippen LogP contribution in [0, 0.1) is 5.92 Å². The summed E-state index contributed by atoms with van der Waals surface area (Å²) in [6.07, 6.45) is 0. The van der Waals surface area contributed by atoms with E-state index < -0.39 is 0 Å². The Labute approximate surface area is 116 Å². The van der Waals surface area contributed by atoms with Crippen LogP contribution in [0.1, 0.15) is 6.92 Å². The predicted molar refractivity (Wildman–Crippen MR) is 78.0 cm³/mol. The molecule has 0 saturated carbocycles. The molecule has 0 bridgehead atoms. The molecule has 0 aromatic heterocycles. The van der Waals surface area contributed by atoms with Crippen LogP contribution in [0.2, 0.25) is 0 Å². The maximum Gasteiger partial charge on any atom is 0.246 e. The highest BCUT2D eigenvalue weighted by Gasteiger charge is 2.27. The van der Waals surface area contributed by atoms with Crippen molar-refractivity contribution in [1.82, 2.24) is 0 Å². The van der Waals surface area contributed by atoms with E-state index in [9.17, 15) is 4.79 Å². The van der Waals surface area contributed by atoms with Crippen LogP contribution >= 0.6 is 15.9 Å². The van der Waals surface area contributed by atoms with Gasteiger partial charge in [-0.2, -0.15) is 0 Å². The van der Waals surface area contributed by atoms with Crippen molar-refractivity contribution >= 4 is 33.2 Å². The number of carbonyl (C=O) groups excluding carboxylic acids is 1. The lowest BCUT2D eigenvalue weighted by Gasteiger charge is -2.36. The van der Waals surface area contributed by atoms with E-state index in [0.717, 1.165) is 22.4 Å². The lowest BCUT2D eigenvalue weighted by molar-refractivity contribution is -0.117. The highest BCUT2D eigenvalue weighted by molar-refractivity contribution is 9.10. The molecule has 0 saturated heterocycles. The predicted octanol–water partition coefficient (Wildman–Crippen LogP) is 1.83. The van der Waals surface area contributed by atoms with Gasteiger partial charge in [-0.3, -0.25) is 4.79 Å². The summed E-state index contributed by atoms with van der Waals surface area (Å²) in [5.41, 5.74) is 7.71. The molecule has 0 spiro atoms. The van der Waals surface area contributed by atoms with Gasteiger partial charge in [-0.15, -0.1) is 0 Å². The first-order valence-electron chi connectivity index (χ1n) is 6.04. The number of nitrogens with zero attached hydrogens (tertiary/aromatic N) is 2. The van der Waals surface area contributed by atoms with Crippen LogP contribution in [-0.4, -0.2) is 32.6 Å². The lowest BCUT2D eigenvalue weighted by atomic mass is 10.1. The van der Waals surface area contributed by atoms with Crippen LogP contribution in [0.5, 0.6) is 0 Å². The number of hydrogen-bond acceptors (Lipinski definition) is 3. The molecular weight excluding hydrogens is 294 g/mol. The van der Waals surface area contributed by atoms with Crippen molar-refractivity contribution in [3.8, 4) is 0 Å². The summed E-state index contributed by atoms with van der Waals surface area (Å²) in [5.74, 6) is 0.488. The van der Waals surface area contributed by atoms with Gasteiger partial charge in [-0.05, 0) is 30.7 Å². The van der Waals surface area contributed by atoms with Crippen LogP contribution in [0.4, 0.5) is 11.4 Å². The zero-order chi connectivity index (χ0) is 13.3. The first-order chi connectivity index (χ1) is 8.52. The summed E-state index contributed by atoms with van der Waals surface area (Å²) in [7, 11) is 1.82. The van der Waals surface area contributed by atoms with E-state index >= 15 is 0 Å². The van der Waals surface area contributed by atoms with Crippen LogP contribution in [0.15, 0.2) is 22.7 Å². The van der Waals surface area contributed by atoms with E-state index in [0.29, 0.717) is 19.0 Å². The van der Waals surface area contributed by atoms with E-state index in [-0.39, 0.29) is 5.91 Å². The zero-order valence-electron chi connectivity index (χ0n) is 10.7. The molecule has 1 unspecified atom stereocenters. The van der Waals surface area contributed by atoms with Gasteiger partial charge in [-0.1, -0.05) is 22.9 Å². The van der Waals surface area contributed by atoms with Crippen molar-refractivity contribution in [3.05, 3.63) is 22.7 Å². The van der Waals surface area contributed by atoms with Crippen molar-refractivity contribution < 1.29 is 4.79 Å². The number of amides is 1. The fourth-order valence-corrected chi connectivity index (χ4v) is 2.48. The SMILES string of the molecule is CC(CN)CN1CC(=O)N(C)c2cc(Br)ccc21. The molecule has 1 amide bonds. The summed E-state index contributed by atoms with van der Waals surface area (Å²) in [6.45, 7) is 3.97. The average Bonchev–Trinajstić information content (AvgIpc) is 2.35. The maximum atomic E-state index is 12.0. The van der Waals surface area contributed by atoms with E-state index in [1.54, 1.807) is 4.90 Å².